The predicted molar refractivity (Wildman–Crippen MR) is 107 cm³/mol. The molecule has 3 aromatic rings. The summed E-state index contributed by atoms with van der Waals surface area (Å²) >= 11 is 5.99. The van der Waals surface area contributed by atoms with Crippen LogP contribution in [-0.4, -0.2) is 27.6 Å². The van der Waals surface area contributed by atoms with Gasteiger partial charge in [-0.3, -0.25) is 0 Å². The lowest BCUT2D eigenvalue weighted by Gasteiger charge is -2.12. The Bertz CT molecular complexity index is 937. The first kappa shape index (κ1) is 20.5. The third-order valence-electron chi connectivity index (χ3n) is 3.56. The molecule has 0 fully saturated rings. The van der Waals surface area contributed by atoms with Crippen molar-refractivity contribution in [1.29, 1.82) is 0 Å². The lowest BCUT2D eigenvalue weighted by Crippen LogP contribution is -2.05. The first-order valence-electron chi connectivity index (χ1n) is 7.96. The molecule has 6 nitrogen and oxygen atoms in total. The van der Waals surface area contributed by atoms with Crippen LogP contribution in [0.15, 0.2) is 54.6 Å². The van der Waals surface area contributed by atoms with Crippen LogP contribution in [0, 0.1) is 0 Å². The summed E-state index contributed by atoms with van der Waals surface area (Å²) < 4.78 is 5.67. The maximum atomic E-state index is 11.9. The molecular formula is C19H17Cl2N3O3. The number of aromatic carboxylic acids is 1. The monoisotopic (exact) mass is 405 g/mol. The van der Waals surface area contributed by atoms with Crippen LogP contribution >= 0.6 is 24.0 Å². The molecule has 0 bridgehead atoms. The van der Waals surface area contributed by atoms with E-state index in [1.807, 2.05) is 37.3 Å². The average Bonchev–Trinajstić information content (AvgIpc) is 2.62. The van der Waals surface area contributed by atoms with Crippen LogP contribution in [0.1, 0.15) is 17.3 Å². The van der Waals surface area contributed by atoms with E-state index in [1.54, 1.807) is 24.3 Å². The highest BCUT2D eigenvalue weighted by Gasteiger charge is 2.19. The molecule has 0 saturated carbocycles. The fourth-order valence-electron chi connectivity index (χ4n) is 2.51. The molecule has 0 saturated heterocycles. The maximum absolute atomic E-state index is 11.9. The average molecular weight is 406 g/mol. The van der Waals surface area contributed by atoms with Crippen LogP contribution in [0.2, 0.25) is 5.15 Å². The van der Waals surface area contributed by atoms with E-state index < -0.39 is 5.97 Å². The minimum absolute atomic E-state index is 0. The lowest BCUT2D eigenvalue weighted by molar-refractivity contribution is 0.0695. The van der Waals surface area contributed by atoms with Crippen molar-refractivity contribution in [3.63, 3.8) is 0 Å². The standard InChI is InChI=1S/C19H16ClN3O3.ClH/c1-2-21-16-11-15(20)22-19(23-16)26-14-10-6-9-13(17(14)18(24)25)12-7-4-3-5-8-12;/h3-11H,2H2,1H3,(H,24,25)(H,21,22,23);1H. The van der Waals surface area contributed by atoms with Crippen molar-refractivity contribution in [3.8, 4) is 22.9 Å². The second kappa shape index (κ2) is 9.21. The number of halogens is 2. The summed E-state index contributed by atoms with van der Waals surface area (Å²) in [5.41, 5.74) is 1.35. The van der Waals surface area contributed by atoms with E-state index in [0.29, 0.717) is 17.9 Å². The van der Waals surface area contributed by atoms with Crippen molar-refractivity contribution >= 4 is 35.8 Å². The van der Waals surface area contributed by atoms with Gasteiger partial charge in [0.05, 0.1) is 0 Å². The molecule has 2 N–H and O–H groups in total. The number of carboxylic acid groups (broad SMARTS) is 1. The molecular weight excluding hydrogens is 389 g/mol. The molecule has 2 aromatic carbocycles. The maximum Gasteiger partial charge on any atom is 0.340 e. The van der Waals surface area contributed by atoms with E-state index in [-0.39, 0.29) is 34.9 Å². The van der Waals surface area contributed by atoms with Crippen molar-refractivity contribution in [2.45, 2.75) is 6.92 Å². The number of hydrogen-bond donors (Lipinski definition) is 2. The molecule has 1 aromatic heterocycles. The Morgan fingerprint density at radius 3 is 2.56 bits per heavy atom. The molecule has 1 heterocycles. The molecule has 27 heavy (non-hydrogen) atoms. The summed E-state index contributed by atoms with van der Waals surface area (Å²) in [6, 6.07) is 15.8. The first-order chi connectivity index (χ1) is 12.6. The third-order valence-corrected chi connectivity index (χ3v) is 3.75. The van der Waals surface area contributed by atoms with Gasteiger partial charge in [-0.25, -0.2) is 4.79 Å². The summed E-state index contributed by atoms with van der Waals surface area (Å²) in [7, 11) is 0. The number of nitrogens with one attached hydrogen (secondary N) is 1. The number of carboxylic acids is 1. The Kier molecular flexibility index (Phi) is 6.98. The Hall–Kier alpha value is -2.83. The minimum Gasteiger partial charge on any atom is -0.478 e. The van der Waals surface area contributed by atoms with Gasteiger partial charge in [0.25, 0.3) is 0 Å². The van der Waals surface area contributed by atoms with Gasteiger partial charge in [0.15, 0.2) is 0 Å². The molecule has 0 amide bonds. The third kappa shape index (κ3) is 4.87. The molecule has 0 atom stereocenters. The number of benzene rings is 2. The zero-order chi connectivity index (χ0) is 18.5. The quantitative estimate of drug-likeness (QED) is 0.552. The summed E-state index contributed by atoms with van der Waals surface area (Å²) in [6.07, 6.45) is 0. The fraction of sp³-hybridized carbons (Fsp3) is 0.105. The fourth-order valence-corrected chi connectivity index (χ4v) is 2.68. The Balaban J connectivity index is 0.00000261. The van der Waals surface area contributed by atoms with E-state index in [4.69, 9.17) is 16.3 Å². The highest BCUT2D eigenvalue weighted by molar-refractivity contribution is 6.29. The summed E-state index contributed by atoms with van der Waals surface area (Å²) in [6.45, 7) is 2.57. The zero-order valence-corrected chi connectivity index (χ0v) is 15.9. The predicted octanol–water partition coefficient (Wildman–Crippen LogP) is 5.14. The topological polar surface area (TPSA) is 84.3 Å². The van der Waals surface area contributed by atoms with Crippen LogP contribution in [0.3, 0.4) is 0 Å². The molecule has 0 aliphatic rings. The van der Waals surface area contributed by atoms with Crippen LogP contribution in [-0.2, 0) is 0 Å². The van der Waals surface area contributed by atoms with E-state index in [1.165, 1.54) is 0 Å². The normalized spacial score (nSPS) is 10.0. The molecule has 0 spiro atoms. The highest BCUT2D eigenvalue weighted by Crippen LogP contribution is 2.33. The molecule has 0 aliphatic carbocycles. The van der Waals surface area contributed by atoms with Crippen molar-refractivity contribution in [2.75, 3.05) is 11.9 Å². The van der Waals surface area contributed by atoms with Crippen LogP contribution in [0.4, 0.5) is 5.82 Å². The molecule has 3 rings (SSSR count). The first-order valence-corrected chi connectivity index (χ1v) is 8.34. The van der Waals surface area contributed by atoms with E-state index >= 15 is 0 Å². The molecule has 0 radical (unpaired) electrons. The SMILES string of the molecule is CCNc1cc(Cl)nc(Oc2cccc(-c3ccccc3)c2C(=O)O)n1.Cl. The second-order valence-corrected chi connectivity index (χ2v) is 5.73. The Labute approximate surface area is 167 Å². The molecule has 140 valence electrons. The van der Waals surface area contributed by atoms with E-state index in [2.05, 4.69) is 15.3 Å². The number of ether oxygens (including phenoxy) is 1. The van der Waals surface area contributed by atoms with Crippen molar-refractivity contribution in [1.82, 2.24) is 9.97 Å². The van der Waals surface area contributed by atoms with Crippen molar-refractivity contribution < 1.29 is 14.6 Å². The van der Waals surface area contributed by atoms with Gasteiger partial charge >= 0.3 is 12.0 Å². The minimum atomic E-state index is -1.10. The van der Waals surface area contributed by atoms with Crippen LogP contribution in [0.5, 0.6) is 11.8 Å². The van der Waals surface area contributed by atoms with Gasteiger partial charge in [-0.2, -0.15) is 9.97 Å². The number of nitrogens with zero attached hydrogens (tertiary/aromatic N) is 2. The summed E-state index contributed by atoms with van der Waals surface area (Å²) in [5.74, 6) is -0.462. The lowest BCUT2D eigenvalue weighted by atomic mass is 9.99. The van der Waals surface area contributed by atoms with Gasteiger partial charge in [-0.05, 0) is 24.1 Å². The van der Waals surface area contributed by atoms with Gasteiger partial charge in [0.1, 0.15) is 22.3 Å². The Morgan fingerprint density at radius 2 is 1.89 bits per heavy atom. The Morgan fingerprint density at radius 1 is 1.15 bits per heavy atom. The molecule has 8 heteroatoms. The smallest absolute Gasteiger partial charge is 0.340 e. The number of hydrogen-bond acceptors (Lipinski definition) is 5. The number of aromatic nitrogens is 2. The largest absolute Gasteiger partial charge is 0.478 e. The summed E-state index contributed by atoms with van der Waals surface area (Å²) in [5, 5.41) is 12.9. The van der Waals surface area contributed by atoms with Crippen molar-refractivity contribution in [2.24, 2.45) is 0 Å². The molecule has 0 aliphatic heterocycles. The van der Waals surface area contributed by atoms with Gasteiger partial charge in [-0.15, -0.1) is 12.4 Å². The zero-order valence-electron chi connectivity index (χ0n) is 14.3. The van der Waals surface area contributed by atoms with Crippen molar-refractivity contribution in [3.05, 3.63) is 65.3 Å². The molecule has 0 unspecified atom stereocenters. The number of rotatable bonds is 6. The second-order valence-electron chi connectivity index (χ2n) is 5.34. The van der Waals surface area contributed by atoms with Crippen LogP contribution < -0.4 is 10.1 Å². The van der Waals surface area contributed by atoms with Gasteiger partial charge in [0, 0.05) is 12.6 Å². The number of carbonyl (C=O) groups is 1. The highest BCUT2D eigenvalue weighted by atomic mass is 35.5. The van der Waals surface area contributed by atoms with Gasteiger partial charge in [-0.1, -0.05) is 54.1 Å². The van der Waals surface area contributed by atoms with Crippen LogP contribution in [0.25, 0.3) is 11.1 Å². The number of anilines is 1. The summed E-state index contributed by atoms with van der Waals surface area (Å²) in [4.78, 5) is 20.1. The van der Waals surface area contributed by atoms with Gasteiger partial charge < -0.3 is 15.2 Å². The van der Waals surface area contributed by atoms with Gasteiger partial charge in [0.2, 0.25) is 0 Å². The van der Waals surface area contributed by atoms with E-state index in [0.717, 1.165) is 5.56 Å². The van der Waals surface area contributed by atoms with E-state index in [9.17, 15) is 9.90 Å².